The Kier molecular flexibility index (Phi) is 4.73. The van der Waals surface area contributed by atoms with Crippen LogP contribution in [0.2, 0.25) is 0 Å². The first kappa shape index (κ1) is 19.5. The molecule has 3 aliphatic rings. The van der Waals surface area contributed by atoms with Crippen LogP contribution >= 0.6 is 0 Å². The maximum Gasteiger partial charge on any atom is 0.169 e. The molecule has 0 spiro atoms. The molecule has 3 aromatic rings. The van der Waals surface area contributed by atoms with Gasteiger partial charge in [0.1, 0.15) is 5.82 Å². The first-order valence-electron chi connectivity index (χ1n) is 11.2. The number of rotatable bonds is 4. The molecule has 3 atom stereocenters. The molecule has 1 N–H and O–H groups in total. The maximum absolute atomic E-state index is 9.51. The van der Waals surface area contributed by atoms with E-state index in [2.05, 4.69) is 39.1 Å². The van der Waals surface area contributed by atoms with Gasteiger partial charge in [-0.05, 0) is 19.8 Å². The lowest BCUT2D eigenvalue weighted by Crippen LogP contribution is -2.47. The van der Waals surface area contributed by atoms with Crippen molar-refractivity contribution in [1.82, 2.24) is 25.0 Å². The minimum atomic E-state index is 0.215. The van der Waals surface area contributed by atoms with Crippen molar-refractivity contribution in [2.45, 2.75) is 44.3 Å². The smallest absolute Gasteiger partial charge is 0.169 e. The highest BCUT2D eigenvalue weighted by molar-refractivity contribution is 5.95. The third kappa shape index (κ3) is 3.04. The van der Waals surface area contributed by atoms with E-state index in [9.17, 15) is 5.26 Å². The van der Waals surface area contributed by atoms with Crippen molar-refractivity contribution < 1.29 is 9.47 Å². The quantitative estimate of drug-likeness (QED) is 0.662. The molecule has 10 nitrogen and oxygen atoms in total. The highest BCUT2D eigenvalue weighted by Crippen LogP contribution is 2.39. The Labute approximate surface area is 185 Å². The van der Waals surface area contributed by atoms with Gasteiger partial charge in [0.05, 0.1) is 74.0 Å². The van der Waals surface area contributed by atoms with Crippen molar-refractivity contribution in [3.8, 4) is 11.9 Å². The van der Waals surface area contributed by atoms with Gasteiger partial charge in [-0.25, -0.2) is 4.98 Å². The van der Waals surface area contributed by atoms with E-state index in [0.717, 1.165) is 66.7 Å². The van der Waals surface area contributed by atoms with Gasteiger partial charge in [-0.2, -0.15) is 20.1 Å². The van der Waals surface area contributed by atoms with Gasteiger partial charge in [-0.1, -0.05) is 0 Å². The molecule has 3 fully saturated rings. The topological polar surface area (TPSA) is 108 Å². The van der Waals surface area contributed by atoms with Crippen molar-refractivity contribution in [3.05, 3.63) is 24.0 Å². The normalized spacial score (nSPS) is 25.4. The lowest BCUT2D eigenvalue weighted by molar-refractivity contribution is 0.0902. The molecule has 0 amide bonds. The van der Waals surface area contributed by atoms with Crippen LogP contribution in [0.15, 0.2) is 18.3 Å². The Morgan fingerprint density at radius 3 is 2.78 bits per heavy atom. The number of nitrogens with one attached hydrogen (secondary N) is 1. The number of nitriles is 1. The number of pyridine rings is 1. The summed E-state index contributed by atoms with van der Waals surface area (Å²) in [6, 6.07) is 7.24. The van der Waals surface area contributed by atoms with Crippen molar-refractivity contribution in [2.75, 3.05) is 42.8 Å². The molecule has 10 heteroatoms. The minimum absolute atomic E-state index is 0.215. The van der Waals surface area contributed by atoms with E-state index in [1.54, 1.807) is 10.9 Å². The zero-order valence-electron chi connectivity index (χ0n) is 18.1. The SMILES string of the molecule is C[C@@H]1COCCN1c1cc(N2C3CCC2COC3)nc2c1c(CC#N)nn2-c1ccn[nH]1. The first-order valence-corrected chi connectivity index (χ1v) is 11.2. The first-order chi connectivity index (χ1) is 15.7. The Morgan fingerprint density at radius 2 is 2.06 bits per heavy atom. The number of aromatic nitrogens is 5. The summed E-state index contributed by atoms with van der Waals surface area (Å²) in [5.41, 5.74) is 2.55. The fourth-order valence-electron chi connectivity index (χ4n) is 5.33. The van der Waals surface area contributed by atoms with Crippen molar-refractivity contribution in [2.24, 2.45) is 0 Å². The number of H-pyrrole nitrogens is 1. The largest absolute Gasteiger partial charge is 0.377 e. The Bertz CT molecular complexity index is 1150. The van der Waals surface area contributed by atoms with Crippen LogP contribution in [0.4, 0.5) is 11.5 Å². The van der Waals surface area contributed by atoms with Gasteiger partial charge in [0, 0.05) is 24.7 Å². The van der Waals surface area contributed by atoms with Crippen LogP contribution in [0.3, 0.4) is 0 Å². The van der Waals surface area contributed by atoms with Crippen molar-refractivity contribution in [3.63, 3.8) is 0 Å². The van der Waals surface area contributed by atoms with Crippen molar-refractivity contribution in [1.29, 1.82) is 5.26 Å². The Hall–Kier alpha value is -3.16. The van der Waals surface area contributed by atoms with Crippen molar-refractivity contribution >= 4 is 22.5 Å². The summed E-state index contributed by atoms with van der Waals surface area (Å²) in [4.78, 5) is 9.95. The second-order valence-electron chi connectivity index (χ2n) is 8.78. The average Bonchev–Trinajstić information content (AvgIpc) is 3.51. The van der Waals surface area contributed by atoms with E-state index in [4.69, 9.17) is 19.6 Å². The molecule has 6 rings (SSSR count). The second-order valence-corrected chi connectivity index (χ2v) is 8.78. The molecule has 6 heterocycles. The Balaban J connectivity index is 1.60. The molecule has 0 saturated carbocycles. The molecule has 0 aromatic carbocycles. The summed E-state index contributed by atoms with van der Waals surface area (Å²) in [6.07, 6.45) is 4.15. The van der Waals surface area contributed by atoms with E-state index in [1.807, 2.05) is 6.07 Å². The molecule has 32 heavy (non-hydrogen) atoms. The average molecular weight is 435 g/mol. The zero-order valence-corrected chi connectivity index (χ0v) is 18.1. The predicted octanol–water partition coefficient (Wildman–Crippen LogP) is 1.80. The van der Waals surface area contributed by atoms with Crippen LogP contribution in [-0.2, 0) is 15.9 Å². The van der Waals surface area contributed by atoms with Crippen LogP contribution in [0.1, 0.15) is 25.5 Å². The van der Waals surface area contributed by atoms with Gasteiger partial charge in [0.15, 0.2) is 11.5 Å². The number of fused-ring (bicyclic) bond motifs is 3. The van der Waals surface area contributed by atoms with E-state index in [1.165, 1.54) is 0 Å². The lowest BCUT2D eigenvalue weighted by atomic mass is 10.1. The standard InChI is InChI=1S/C22H26N8O2/c1-14-11-31-9-8-28(14)18-10-20(29-15-2-3-16(29)13-32-12-15)25-22-21(18)17(4-6-23)27-30(22)19-5-7-24-26-19/h5,7,10,14-16H,2-4,8-9,11-13H2,1H3,(H,24,26)/t14-,15?,16?/m1/s1. The highest BCUT2D eigenvalue weighted by atomic mass is 16.5. The summed E-state index contributed by atoms with van der Waals surface area (Å²) in [6.45, 7) is 5.78. The lowest BCUT2D eigenvalue weighted by Gasteiger charge is -2.38. The fourth-order valence-corrected chi connectivity index (χ4v) is 5.33. The number of morpholine rings is 2. The van der Waals surface area contributed by atoms with Gasteiger partial charge in [0.25, 0.3) is 0 Å². The molecule has 3 aromatic heterocycles. The monoisotopic (exact) mass is 434 g/mol. The van der Waals surface area contributed by atoms with Gasteiger partial charge in [-0.3, -0.25) is 5.10 Å². The van der Waals surface area contributed by atoms with E-state index >= 15 is 0 Å². The molecule has 3 saturated heterocycles. The molecule has 3 aliphatic heterocycles. The van der Waals surface area contributed by atoms with Gasteiger partial charge >= 0.3 is 0 Å². The molecule has 0 aliphatic carbocycles. The summed E-state index contributed by atoms with van der Waals surface area (Å²) in [5.74, 6) is 1.68. The highest BCUT2D eigenvalue weighted by Gasteiger charge is 2.39. The van der Waals surface area contributed by atoms with E-state index < -0.39 is 0 Å². The van der Waals surface area contributed by atoms with Crippen LogP contribution in [-0.4, -0.2) is 76.1 Å². The number of nitrogens with zero attached hydrogens (tertiary/aromatic N) is 7. The van der Waals surface area contributed by atoms with Crippen LogP contribution in [0.5, 0.6) is 0 Å². The minimum Gasteiger partial charge on any atom is -0.377 e. The van der Waals surface area contributed by atoms with Crippen LogP contribution in [0.25, 0.3) is 16.9 Å². The summed E-state index contributed by atoms with van der Waals surface area (Å²) in [7, 11) is 0. The number of hydrogen-bond acceptors (Lipinski definition) is 8. The number of ether oxygens (including phenoxy) is 2. The molecular weight excluding hydrogens is 408 g/mol. The molecule has 0 radical (unpaired) electrons. The fraction of sp³-hybridized carbons (Fsp3) is 0.545. The third-order valence-corrected chi connectivity index (χ3v) is 6.82. The molecular formula is C22H26N8O2. The third-order valence-electron chi connectivity index (χ3n) is 6.82. The van der Waals surface area contributed by atoms with Crippen LogP contribution < -0.4 is 9.80 Å². The molecule has 2 bridgehead atoms. The summed E-state index contributed by atoms with van der Waals surface area (Å²) >= 11 is 0. The zero-order chi connectivity index (χ0) is 21.7. The van der Waals surface area contributed by atoms with E-state index in [0.29, 0.717) is 25.3 Å². The van der Waals surface area contributed by atoms with Gasteiger partial charge in [0.2, 0.25) is 0 Å². The second kappa shape index (κ2) is 7.76. The number of aromatic amines is 1. The molecule has 166 valence electrons. The van der Waals surface area contributed by atoms with Gasteiger partial charge in [-0.15, -0.1) is 0 Å². The maximum atomic E-state index is 9.51. The number of hydrogen-bond donors (Lipinski definition) is 1. The summed E-state index contributed by atoms with van der Waals surface area (Å²) < 4.78 is 13.3. The molecule has 2 unspecified atom stereocenters. The van der Waals surface area contributed by atoms with E-state index in [-0.39, 0.29) is 12.5 Å². The Morgan fingerprint density at radius 1 is 1.22 bits per heavy atom. The predicted molar refractivity (Wildman–Crippen MR) is 118 cm³/mol. The van der Waals surface area contributed by atoms with Crippen LogP contribution in [0, 0.1) is 11.3 Å². The summed E-state index contributed by atoms with van der Waals surface area (Å²) in [5, 5.41) is 22.3. The van der Waals surface area contributed by atoms with Gasteiger partial charge < -0.3 is 19.3 Å². The number of anilines is 2.